The van der Waals surface area contributed by atoms with Crippen molar-refractivity contribution < 1.29 is 5.11 Å². The van der Waals surface area contributed by atoms with Crippen molar-refractivity contribution >= 4 is 26.5 Å². The Morgan fingerprint density at radius 2 is 1.56 bits per heavy atom. The Morgan fingerprint density at radius 3 is 2.12 bits per heavy atom. The topological polar surface area (TPSA) is 20.2 Å². The molecule has 1 N–H and O–H groups in total. The van der Waals surface area contributed by atoms with E-state index in [1.54, 1.807) is 10.4 Å². The second-order valence-corrected chi connectivity index (χ2v) is 15.9. The molecule has 2 rings (SSSR count). The van der Waals surface area contributed by atoms with Gasteiger partial charge in [-0.15, -0.1) is 0 Å². The molecule has 1 aliphatic rings. The Kier molecular flexibility index (Phi) is 2.89. The highest BCUT2D eigenvalue weighted by Crippen LogP contribution is 2.25. The normalized spacial score (nSPS) is 21.6. The Morgan fingerprint density at radius 1 is 1.00 bits per heavy atom. The molecule has 1 heterocycles. The van der Waals surface area contributed by atoms with E-state index in [9.17, 15) is 5.11 Å². The molecule has 88 valence electrons. The third kappa shape index (κ3) is 1.92. The van der Waals surface area contributed by atoms with Gasteiger partial charge in [0.2, 0.25) is 0 Å². The van der Waals surface area contributed by atoms with Crippen LogP contribution in [0.1, 0.15) is 5.56 Å². The van der Waals surface area contributed by atoms with Crippen LogP contribution in [-0.4, -0.2) is 21.3 Å². The predicted octanol–water partition coefficient (Wildman–Crippen LogP) is 2.02. The Labute approximate surface area is 101 Å². The van der Waals surface area contributed by atoms with Crippen molar-refractivity contribution in [1.29, 1.82) is 0 Å². The molecule has 0 saturated heterocycles. The first kappa shape index (κ1) is 12.1. The van der Waals surface area contributed by atoms with Crippen LogP contribution in [0.4, 0.5) is 0 Å². The van der Waals surface area contributed by atoms with E-state index in [-0.39, 0.29) is 6.61 Å². The molecule has 0 bridgehead atoms. The smallest absolute Gasteiger partial charge is 0.0802 e. The average Bonchev–Trinajstić information content (AvgIpc) is 2.24. The number of aliphatic hydroxyl groups excluding tert-OH is 1. The third-order valence-corrected chi connectivity index (χ3v) is 11.6. The lowest BCUT2D eigenvalue weighted by Crippen LogP contribution is -2.63. The van der Waals surface area contributed by atoms with E-state index in [1.165, 1.54) is 12.1 Å². The van der Waals surface area contributed by atoms with Crippen molar-refractivity contribution in [2.45, 2.75) is 44.9 Å². The molecule has 1 aromatic rings. The number of fused-ring (bicyclic) bond motifs is 1. The highest BCUT2D eigenvalue weighted by atomic mass is 28.3. The fourth-order valence-electron chi connectivity index (χ4n) is 2.73. The van der Waals surface area contributed by atoms with Crippen LogP contribution in [0.2, 0.25) is 38.3 Å². The molecule has 0 saturated carbocycles. The lowest BCUT2D eigenvalue weighted by Gasteiger charge is -2.39. The molecule has 0 aliphatic carbocycles. The summed E-state index contributed by atoms with van der Waals surface area (Å²) in [6.07, 6.45) is 0. The minimum atomic E-state index is -1.22. The summed E-state index contributed by atoms with van der Waals surface area (Å²) in [4.78, 5) is 0. The first-order chi connectivity index (χ1) is 7.37. The molecule has 0 unspecified atom stereocenters. The lowest BCUT2D eigenvalue weighted by molar-refractivity contribution is 0.282. The standard InChI is InChI=1S/C13H22OSi2/c1-15(2)7-8-16(3,4)13-9-11(10-14)5-6-12(13)15/h5-6,9,14H,7-8,10H2,1-4H3. The monoisotopic (exact) mass is 250 g/mol. The maximum atomic E-state index is 9.27. The van der Waals surface area contributed by atoms with Crippen LogP contribution in [0.15, 0.2) is 18.2 Å². The average molecular weight is 250 g/mol. The fourth-order valence-corrected chi connectivity index (χ4v) is 13.0. The van der Waals surface area contributed by atoms with E-state index >= 15 is 0 Å². The van der Waals surface area contributed by atoms with Crippen LogP contribution in [0.3, 0.4) is 0 Å². The zero-order chi connectivity index (χ0) is 12.0. The summed E-state index contributed by atoms with van der Waals surface area (Å²) in [5.74, 6) is 0. The second kappa shape index (κ2) is 3.82. The summed E-state index contributed by atoms with van der Waals surface area (Å²) in [6, 6.07) is 9.58. The van der Waals surface area contributed by atoms with Crippen molar-refractivity contribution in [3.63, 3.8) is 0 Å². The Hall–Kier alpha value is -0.386. The maximum absolute atomic E-state index is 9.27. The number of aliphatic hydroxyl groups is 1. The molecule has 1 aromatic carbocycles. The SMILES string of the molecule is C[Si]1(C)CC[Si](C)(C)c2cc(CO)ccc21. The van der Waals surface area contributed by atoms with Crippen LogP contribution >= 0.6 is 0 Å². The van der Waals surface area contributed by atoms with Crippen molar-refractivity contribution in [2.75, 3.05) is 0 Å². The van der Waals surface area contributed by atoms with Gasteiger partial charge in [0, 0.05) is 0 Å². The van der Waals surface area contributed by atoms with Crippen molar-refractivity contribution in [1.82, 2.24) is 0 Å². The molecular weight excluding hydrogens is 228 g/mol. The minimum Gasteiger partial charge on any atom is -0.392 e. The highest BCUT2D eigenvalue weighted by Gasteiger charge is 2.39. The van der Waals surface area contributed by atoms with Crippen LogP contribution in [0.25, 0.3) is 0 Å². The third-order valence-electron chi connectivity index (χ3n) is 4.10. The van der Waals surface area contributed by atoms with E-state index in [1.807, 2.05) is 0 Å². The molecule has 3 heteroatoms. The van der Waals surface area contributed by atoms with Crippen LogP contribution in [0.5, 0.6) is 0 Å². The zero-order valence-corrected chi connectivity index (χ0v) is 12.8. The molecule has 1 aliphatic heterocycles. The number of rotatable bonds is 1. The lowest BCUT2D eigenvalue weighted by atomic mass is 10.2. The van der Waals surface area contributed by atoms with Gasteiger partial charge in [-0.2, -0.15) is 0 Å². The molecule has 0 fully saturated rings. The Balaban J connectivity index is 2.60. The first-order valence-corrected chi connectivity index (χ1v) is 12.5. The van der Waals surface area contributed by atoms with E-state index in [4.69, 9.17) is 0 Å². The largest absolute Gasteiger partial charge is 0.392 e. The van der Waals surface area contributed by atoms with E-state index in [0.717, 1.165) is 5.56 Å². The molecule has 0 aromatic heterocycles. The Bertz CT molecular complexity index is 410. The van der Waals surface area contributed by atoms with Gasteiger partial charge in [-0.3, -0.25) is 0 Å². The maximum Gasteiger partial charge on any atom is 0.0802 e. The number of benzene rings is 1. The number of hydrogen-bond donors (Lipinski definition) is 1. The minimum absolute atomic E-state index is 0.180. The summed E-state index contributed by atoms with van der Waals surface area (Å²) in [5, 5.41) is 12.6. The zero-order valence-electron chi connectivity index (χ0n) is 10.8. The van der Waals surface area contributed by atoms with Crippen LogP contribution in [0, 0.1) is 0 Å². The highest BCUT2D eigenvalue weighted by molar-refractivity contribution is 7.03. The molecule has 0 atom stereocenters. The molecule has 0 spiro atoms. The van der Waals surface area contributed by atoms with Gasteiger partial charge < -0.3 is 5.11 Å². The summed E-state index contributed by atoms with van der Waals surface area (Å²) in [7, 11) is -2.41. The van der Waals surface area contributed by atoms with Crippen LogP contribution in [-0.2, 0) is 6.61 Å². The van der Waals surface area contributed by atoms with E-state index in [0.29, 0.717) is 0 Å². The number of hydrogen-bond acceptors (Lipinski definition) is 1. The van der Waals surface area contributed by atoms with Crippen molar-refractivity contribution in [3.8, 4) is 0 Å². The van der Waals surface area contributed by atoms with E-state index < -0.39 is 16.1 Å². The van der Waals surface area contributed by atoms with Gasteiger partial charge in [-0.05, 0) is 5.56 Å². The van der Waals surface area contributed by atoms with Gasteiger partial charge in [-0.1, -0.05) is 66.8 Å². The van der Waals surface area contributed by atoms with Gasteiger partial charge >= 0.3 is 0 Å². The van der Waals surface area contributed by atoms with Gasteiger partial charge in [-0.25, -0.2) is 0 Å². The summed E-state index contributed by atoms with van der Waals surface area (Å²) in [6.45, 7) is 10.1. The van der Waals surface area contributed by atoms with Gasteiger partial charge in [0.25, 0.3) is 0 Å². The summed E-state index contributed by atoms with van der Waals surface area (Å²) in [5.41, 5.74) is 1.09. The molecular formula is C13H22OSi2. The molecule has 0 radical (unpaired) electrons. The molecule has 0 amide bonds. The van der Waals surface area contributed by atoms with E-state index in [2.05, 4.69) is 44.4 Å². The van der Waals surface area contributed by atoms with Crippen LogP contribution < -0.4 is 10.4 Å². The fraction of sp³-hybridized carbons (Fsp3) is 0.538. The first-order valence-electron chi connectivity index (χ1n) is 6.11. The van der Waals surface area contributed by atoms with Crippen molar-refractivity contribution in [2.24, 2.45) is 0 Å². The molecule has 16 heavy (non-hydrogen) atoms. The van der Waals surface area contributed by atoms with Gasteiger partial charge in [0.15, 0.2) is 0 Å². The quantitative estimate of drug-likeness (QED) is 0.756. The van der Waals surface area contributed by atoms with Gasteiger partial charge in [0.1, 0.15) is 0 Å². The second-order valence-electron chi connectivity index (χ2n) is 6.31. The predicted molar refractivity (Wildman–Crippen MR) is 76.2 cm³/mol. The summed E-state index contributed by atoms with van der Waals surface area (Å²) >= 11 is 0. The molecule has 1 nitrogen and oxygen atoms in total. The van der Waals surface area contributed by atoms with Gasteiger partial charge in [0.05, 0.1) is 22.8 Å². The van der Waals surface area contributed by atoms with Crippen molar-refractivity contribution in [3.05, 3.63) is 23.8 Å². The summed E-state index contributed by atoms with van der Waals surface area (Å²) < 4.78 is 0.